The second-order valence-electron chi connectivity index (χ2n) is 8.47. The zero-order chi connectivity index (χ0) is 21.7. The predicted octanol–water partition coefficient (Wildman–Crippen LogP) is 3.09. The first kappa shape index (κ1) is 22.1. The molecule has 1 aromatic carbocycles. The number of amides is 2. The first-order valence-corrected chi connectivity index (χ1v) is 10.8. The van der Waals surface area contributed by atoms with Crippen LogP contribution in [-0.2, 0) is 19.1 Å². The maximum Gasteiger partial charge on any atom is 0.227 e. The van der Waals surface area contributed by atoms with Crippen molar-refractivity contribution in [3.05, 3.63) is 47.7 Å². The summed E-state index contributed by atoms with van der Waals surface area (Å²) in [6.07, 6.45) is 5.74. The van der Waals surface area contributed by atoms with Gasteiger partial charge in [0.05, 0.1) is 13.0 Å². The molecule has 5 atom stereocenters. The van der Waals surface area contributed by atoms with Gasteiger partial charge in [-0.05, 0) is 36.3 Å². The van der Waals surface area contributed by atoms with E-state index in [1.165, 1.54) is 14.0 Å². The molecule has 0 saturated heterocycles. The Morgan fingerprint density at radius 1 is 1.03 bits per heavy atom. The van der Waals surface area contributed by atoms with Crippen molar-refractivity contribution >= 4 is 17.6 Å². The number of benzene rings is 1. The van der Waals surface area contributed by atoms with Gasteiger partial charge >= 0.3 is 0 Å². The molecule has 2 N–H and O–H groups in total. The molecule has 0 spiro atoms. The topological polar surface area (TPSA) is 84.5 Å². The molecule has 1 saturated carbocycles. The van der Waals surface area contributed by atoms with E-state index in [1.807, 2.05) is 37.3 Å². The van der Waals surface area contributed by atoms with Gasteiger partial charge in [-0.2, -0.15) is 0 Å². The summed E-state index contributed by atoms with van der Waals surface area (Å²) in [5.41, 5.74) is 1.05. The number of nitrogens with one attached hydrogen (secondary N) is 2. The Morgan fingerprint density at radius 3 is 2.27 bits per heavy atom. The first-order valence-electron chi connectivity index (χ1n) is 10.8. The smallest absolute Gasteiger partial charge is 0.227 e. The molecule has 1 fully saturated rings. The summed E-state index contributed by atoms with van der Waals surface area (Å²) in [6.45, 7) is 3.53. The van der Waals surface area contributed by atoms with Crippen LogP contribution in [0.4, 0.5) is 0 Å². The van der Waals surface area contributed by atoms with Crippen LogP contribution in [-0.4, -0.2) is 36.8 Å². The average Bonchev–Trinajstić information content (AvgIpc) is 2.86. The number of allylic oxidation sites excluding steroid dienone is 1. The molecule has 0 unspecified atom stereocenters. The lowest BCUT2D eigenvalue weighted by atomic mass is 9.77. The van der Waals surface area contributed by atoms with E-state index in [0.717, 1.165) is 31.2 Å². The third kappa shape index (κ3) is 5.10. The highest BCUT2D eigenvalue weighted by Crippen LogP contribution is 2.38. The standard InChI is InChI=1S/C24H32N2O4/c1-15-18(17-9-5-4-6-10-17)13-22(28)23(30-3)14-19(15)24(29)26-21-12-8-7-11-20(21)25-16(2)27/h4-6,9-10,14-15,18-21H,7-8,11-13H2,1-3H3,(H,25,27)(H,26,29)/t15-,18+,19+,20+,21-/m0/s1. The van der Waals surface area contributed by atoms with Crippen LogP contribution in [0.5, 0.6) is 0 Å². The number of Topliss-reactive ketones (excluding diaryl/α,β-unsaturated/α-hetero) is 1. The first-order chi connectivity index (χ1) is 14.4. The number of methoxy groups -OCH3 is 1. The van der Waals surface area contributed by atoms with Gasteiger partial charge in [0, 0.05) is 25.4 Å². The molecule has 3 rings (SSSR count). The van der Waals surface area contributed by atoms with E-state index in [9.17, 15) is 14.4 Å². The predicted molar refractivity (Wildman–Crippen MR) is 115 cm³/mol. The van der Waals surface area contributed by atoms with Crippen LogP contribution in [0.15, 0.2) is 42.2 Å². The second kappa shape index (κ2) is 9.92. The van der Waals surface area contributed by atoms with Crippen molar-refractivity contribution in [3.8, 4) is 0 Å². The fourth-order valence-corrected chi connectivity index (χ4v) is 4.78. The van der Waals surface area contributed by atoms with Crippen molar-refractivity contribution < 1.29 is 19.1 Å². The molecule has 0 heterocycles. The Labute approximate surface area is 178 Å². The fraction of sp³-hybridized carbons (Fsp3) is 0.542. The summed E-state index contributed by atoms with van der Waals surface area (Å²) >= 11 is 0. The molecule has 0 aromatic heterocycles. The molecule has 6 nitrogen and oxygen atoms in total. The molecule has 30 heavy (non-hydrogen) atoms. The van der Waals surface area contributed by atoms with E-state index in [2.05, 4.69) is 10.6 Å². The van der Waals surface area contributed by atoms with Gasteiger partial charge in [0.25, 0.3) is 0 Å². The highest BCUT2D eigenvalue weighted by atomic mass is 16.5. The largest absolute Gasteiger partial charge is 0.493 e. The van der Waals surface area contributed by atoms with E-state index < -0.39 is 5.92 Å². The van der Waals surface area contributed by atoms with Gasteiger partial charge in [-0.25, -0.2) is 0 Å². The minimum Gasteiger partial charge on any atom is -0.493 e. The summed E-state index contributed by atoms with van der Waals surface area (Å²) in [7, 11) is 1.47. The monoisotopic (exact) mass is 412 g/mol. The molecule has 1 aromatic rings. The highest BCUT2D eigenvalue weighted by Gasteiger charge is 2.38. The molecule has 0 radical (unpaired) electrons. The van der Waals surface area contributed by atoms with Gasteiger partial charge < -0.3 is 15.4 Å². The molecular formula is C24H32N2O4. The number of carbonyl (C=O) groups is 3. The molecule has 6 heteroatoms. The number of carbonyl (C=O) groups excluding carboxylic acids is 3. The summed E-state index contributed by atoms with van der Waals surface area (Å²) < 4.78 is 5.33. The summed E-state index contributed by atoms with van der Waals surface area (Å²) in [5, 5.41) is 6.15. The maximum absolute atomic E-state index is 13.4. The Hall–Kier alpha value is -2.63. The van der Waals surface area contributed by atoms with Crippen LogP contribution in [0, 0.1) is 11.8 Å². The van der Waals surface area contributed by atoms with Crippen LogP contribution in [0.2, 0.25) is 0 Å². The van der Waals surface area contributed by atoms with Crippen molar-refractivity contribution in [3.63, 3.8) is 0 Å². The van der Waals surface area contributed by atoms with E-state index in [1.54, 1.807) is 6.08 Å². The van der Waals surface area contributed by atoms with Crippen molar-refractivity contribution in [2.75, 3.05) is 7.11 Å². The van der Waals surface area contributed by atoms with E-state index in [0.29, 0.717) is 6.42 Å². The Morgan fingerprint density at radius 2 is 1.67 bits per heavy atom. The molecule has 2 amide bonds. The summed E-state index contributed by atoms with van der Waals surface area (Å²) in [5.74, 6) is -0.667. The van der Waals surface area contributed by atoms with Gasteiger partial charge in [0.1, 0.15) is 0 Å². The number of rotatable bonds is 5. The van der Waals surface area contributed by atoms with Crippen LogP contribution in [0.1, 0.15) is 57.4 Å². The zero-order valence-electron chi connectivity index (χ0n) is 18.0. The van der Waals surface area contributed by atoms with Gasteiger partial charge in [-0.1, -0.05) is 50.1 Å². The third-order valence-corrected chi connectivity index (χ3v) is 6.44. The summed E-state index contributed by atoms with van der Waals surface area (Å²) in [4.78, 5) is 37.7. The van der Waals surface area contributed by atoms with E-state index in [-0.39, 0.29) is 47.3 Å². The van der Waals surface area contributed by atoms with Crippen molar-refractivity contribution in [2.24, 2.45) is 11.8 Å². The van der Waals surface area contributed by atoms with Crippen LogP contribution in [0.25, 0.3) is 0 Å². The van der Waals surface area contributed by atoms with E-state index >= 15 is 0 Å². The van der Waals surface area contributed by atoms with Crippen molar-refractivity contribution in [2.45, 2.75) is 64.0 Å². The van der Waals surface area contributed by atoms with Gasteiger partial charge in [0.15, 0.2) is 11.5 Å². The number of ketones is 1. The van der Waals surface area contributed by atoms with E-state index in [4.69, 9.17) is 4.74 Å². The molecule has 0 bridgehead atoms. The quantitative estimate of drug-likeness (QED) is 0.778. The van der Waals surface area contributed by atoms with Crippen LogP contribution in [0.3, 0.4) is 0 Å². The van der Waals surface area contributed by atoms with Gasteiger partial charge in [0.2, 0.25) is 11.8 Å². The maximum atomic E-state index is 13.4. The molecular weight excluding hydrogens is 380 g/mol. The normalized spacial score (nSPS) is 29.4. The third-order valence-electron chi connectivity index (χ3n) is 6.44. The number of hydrogen-bond donors (Lipinski definition) is 2. The molecule has 0 aliphatic heterocycles. The second-order valence-corrected chi connectivity index (χ2v) is 8.47. The minimum atomic E-state index is -0.489. The minimum absolute atomic E-state index is 0.0567. The number of ether oxygens (including phenoxy) is 1. The fourth-order valence-electron chi connectivity index (χ4n) is 4.78. The summed E-state index contributed by atoms with van der Waals surface area (Å²) in [6, 6.07) is 9.72. The lowest BCUT2D eigenvalue weighted by molar-refractivity contribution is -0.127. The SMILES string of the molecule is COC1=C[C@@H](C(=O)N[C@H]2CCCC[C@H]2NC(C)=O)[C@@H](C)[C@H](c2ccccc2)CC1=O. The lowest BCUT2D eigenvalue weighted by Gasteiger charge is -2.34. The van der Waals surface area contributed by atoms with Crippen LogP contribution < -0.4 is 10.6 Å². The molecule has 162 valence electrons. The molecule has 2 aliphatic rings. The van der Waals surface area contributed by atoms with Crippen molar-refractivity contribution in [1.82, 2.24) is 10.6 Å². The average molecular weight is 413 g/mol. The number of hydrogen-bond acceptors (Lipinski definition) is 4. The Kier molecular flexibility index (Phi) is 7.29. The van der Waals surface area contributed by atoms with Gasteiger partial charge in [-0.15, -0.1) is 0 Å². The molecule has 2 aliphatic carbocycles. The Bertz CT molecular complexity index is 805. The Balaban J connectivity index is 1.84. The highest BCUT2D eigenvalue weighted by molar-refractivity contribution is 5.96. The lowest BCUT2D eigenvalue weighted by Crippen LogP contribution is -2.54. The van der Waals surface area contributed by atoms with Crippen molar-refractivity contribution in [1.29, 1.82) is 0 Å². The van der Waals surface area contributed by atoms with Gasteiger partial charge in [-0.3, -0.25) is 14.4 Å². The van der Waals surface area contributed by atoms with Crippen LogP contribution >= 0.6 is 0 Å². The zero-order valence-corrected chi connectivity index (χ0v) is 18.0.